The molecule has 0 spiro atoms. The minimum atomic E-state index is 0.00169. The Hall–Kier alpha value is -1.95. The molecule has 0 radical (unpaired) electrons. The highest BCUT2D eigenvalue weighted by atomic mass is 16.1. The normalized spacial score (nSPS) is 15.2. The predicted molar refractivity (Wildman–Crippen MR) is 80.1 cm³/mol. The van der Waals surface area contributed by atoms with Crippen LogP contribution in [-0.4, -0.2) is 31.2 Å². The Morgan fingerprint density at radius 3 is 2.71 bits per heavy atom. The summed E-state index contributed by atoms with van der Waals surface area (Å²) in [6, 6.07) is 0. The van der Waals surface area contributed by atoms with Crippen LogP contribution in [0, 0.1) is 20.8 Å². The maximum Gasteiger partial charge on any atom is 0.255 e. The molecule has 1 aliphatic heterocycles. The van der Waals surface area contributed by atoms with Crippen LogP contribution in [0.1, 0.15) is 34.0 Å². The van der Waals surface area contributed by atoms with Gasteiger partial charge < -0.3 is 4.98 Å². The Kier molecular flexibility index (Phi) is 3.41. The first kappa shape index (κ1) is 14.0. The zero-order valence-corrected chi connectivity index (χ0v) is 13.0. The van der Waals surface area contributed by atoms with E-state index in [2.05, 4.69) is 26.9 Å². The third kappa shape index (κ3) is 2.51. The summed E-state index contributed by atoms with van der Waals surface area (Å²) < 4.78 is 1.92. The summed E-state index contributed by atoms with van der Waals surface area (Å²) in [5.41, 5.74) is 5.28. The molecule has 0 atom stereocenters. The smallest absolute Gasteiger partial charge is 0.255 e. The summed E-state index contributed by atoms with van der Waals surface area (Å²) >= 11 is 0. The quantitative estimate of drug-likeness (QED) is 0.894. The van der Waals surface area contributed by atoms with Gasteiger partial charge in [-0.1, -0.05) is 0 Å². The van der Waals surface area contributed by atoms with Gasteiger partial charge >= 0.3 is 0 Å². The fourth-order valence-electron chi connectivity index (χ4n) is 3.01. The molecule has 0 saturated carbocycles. The molecule has 1 N–H and O–H groups in total. The van der Waals surface area contributed by atoms with E-state index in [1.165, 1.54) is 11.3 Å². The second-order valence-electron chi connectivity index (χ2n) is 5.81. The van der Waals surface area contributed by atoms with Crippen LogP contribution in [0.5, 0.6) is 0 Å². The first-order valence-corrected chi connectivity index (χ1v) is 7.26. The van der Waals surface area contributed by atoms with Gasteiger partial charge in [-0.2, -0.15) is 5.10 Å². The van der Waals surface area contributed by atoms with E-state index in [0.29, 0.717) is 12.4 Å². The van der Waals surface area contributed by atoms with Crippen LogP contribution in [0.2, 0.25) is 0 Å². The van der Waals surface area contributed by atoms with E-state index in [9.17, 15) is 4.79 Å². The second-order valence-corrected chi connectivity index (χ2v) is 5.81. The fraction of sp³-hybridized carbons (Fsp3) is 0.533. The van der Waals surface area contributed by atoms with Crippen molar-refractivity contribution in [1.82, 2.24) is 24.6 Å². The Bertz CT molecular complexity index is 743. The van der Waals surface area contributed by atoms with Crippen molar-refractivity contribution in [2.24, 2.45) is 7.05 Å². The number of aromatic amines is 1. The highest BCUT2D eigenvalue weighted by Crippen LogP contribution is 2.19. The topological polar surface area (TPSA) is 66.8 Å². The molecule has 0 aromatic carbocycles. The van der Waals surface area contributed by atoms with Gasteiger partial charge in [0, 0.05) is 44.4 Å². The van der Waals surface area contributed by atoms with Crippen molar-refractivity contribution < 1.29 is 0 Å². The van der Waals surface area contributed by atoms with E-state index in [1.54, 1.807) is 0 Å². The highest BCUT2D eigenvalue weighted by Gasteiger charge is 2.22. The summed E-state index contributed by atoms with van der Waals surface area (Å²) in [5.74, 6) is 0.700. The molecule has 0 fully saturated rings. The van der Waals surface area contributed by atoms with Gasteiger partial charge in [0.25, 0.3) is 5.56 Å². The number of aromatic nitrogens is 4. The number of rotatable bonds is 2. The lowest BCUT2D eigenvalue weighted by Crippen LogP contribution is -2.35. The van der Waals surface area contributed by atoms with Crippen LogP contribution in [0.4, 0.5) is 0 Å². The van der Waals surface area contributed by atoms with Gasteiger partial charge in [-0.05, 0) is 20.8 Å². The molecule has 6 nitrogen and oxygen atoms in total. The molecule has 3 heterocycles. The number of nitrogens with zero attached hydrogens (tertiary/aromatic N) is 4. The lowest BCUT2D eigenvalue weighted by molar-refractivity contribution is 0.240. The van der Waals surface area contributed by atoms with Crippen molar-refractivity contribution in [2.45, 2.75) is 40.3 Å². The predicted octanol–water partition coefficient (Wildman–Crippen LogP) is 0.987. The molecule has 2 aromatic heterocycles. The number of fused-ring (bicyclic) bond motifs is 1. The van der Waals surface area contributed by atoms with Gasteiger partial charge in [-0.25, -0.2) is 4.98 Å². The first-order valence-electron chi connectivity index (χ1n) is 7.26. The van der Waals surface area contributed by atoms with Crippen molar-refractivity contribution in [1.29, 1.82) is 0 Å². The van der Waals surface area contributed by atoms with Crippen molar-refractivity contribution in [3.8, 4) is 0 Å². The maximum atomic E-state index is 12.1. The Labute approximate surface area is 123 Å². The third-order valence-corrected chi connectivity index (χ3v) is 4.31. The standard InChI is InChI=1S/C15H21N5O/c1-9-12(10(2)19(4)18-9)7-20-6-5-14-13(8-20)15(21)17-11(3)16-14/h5-8H2,1-4H3,(H,16,17,21). The Morgan fingerprint density at radius 1 is 1.29 bits per heavy atom. The van der Waals surface area contributed by atoms with Crippen molar-refractivity contribution >= 4 is 0 Å². The third-order valence-electron chi connectivity index (χ3n) is 4.31. The molecule has 6 heteroatoms. The van der Waals surface area contributed by atoms with Crippen LogP contribution in [-0.2, 0) is 26.6 Å². The lowest BCUT2D eigenvalue weighted by atomic mass is 10.1. The van der Waals surface area contributed by atoms with Crippen LogP contribution < -0.4 is 5.56 Å². The summed E-state index contributed by atoms with van der Waals surface area (Å²) in [5, 5.41) is 4.46. The van der Waals surface area contributed by atoms with Gasteiger partial charge in [0.2, 0.25) is 0 Å². The largest absolute Gasteiger partial charge is 0.310 e. The van der Waals surface area contributed by atoms with E-state index in [-0.39, 0.29) is 5.56 Å². The molecule has 0 unspecified atom stereocenters. The Balaban J connectivity index is 1.85. The van der Waals surface area contributed by atoms with Gasteiger partial charge in [-0.3, -0.25) is 14.4 Å². The molecule has 2 aromatic rings. The summed E-state index contributed by atoms with van der Waals surface area (Å²) in [4.78, 5) is 21.6. The average molecular weight is 287 g/mol. The average Bonchev–Trinajstić information content (AvgIpc) is 2.66. The minimum Gasteiger partial charge on any atom is -0.310 e. The highest BCUT2D eigenvalue weighted by molar-refractivity contribution is 5.26. The number of aryl methyl sites for hydroxylation is 3. The minimum absolute atomic E-state index is 0.00169. The second kappa shape index (κ2) is 5.11. The van der Waals surface area contributed by atoms with Crippen molar-refractivity contribution in [3.63, 3.8) is 0 Å². The number of nitrogens with one attached hydrogen (secondary N) is 1. The molecule has 0 amide bonds. The number of H-pyrrole nitrogens is 1. The van der Waals surface area contributed by atoms with Gasteiger partial charge in [0.1, 0.15) is 5.82 Å². The van der Waals surface area contributed by atoms with Gasteiger partial charge in [0.15, 0.2) is 0 Å². The molecule has 1 aliphatic rings. The van der Waals surface area contributed by atoms with E-state index in [1.807, 2.05) is 25.6 Å². The zero-order valence-electron chi connectivity index (χ0n) is 13.0. The molecule has 0 aliphatic carbocycles. The number of hydrogen-bond donors (Lipinski definition) is 1. The number of hydrogen-bond acceptors (Lipinski definition) is 4. The van der Waals surface area contributed by atoms with E-state index < -0.39 is 0 Å². The summed E-state index contributed by atoms with van der Waals surface area (Å²) in [6.07, 6.45) is 0.832. The molecule has 21 heavy (non-hydrogen) atoms. The fourth-order valence-corrected chi connectivity index (χ4v) is 3.01. The van der Waals surface area contributed by atoms with Gasteiger partial charge in [-0.15, -0.1) is 0 Å². The van der Waals surface area contributed by atoms with E-state index in [0.717, 1.165) is 36.5 Å². The van der Waals surface area contributed by atoms with Crippen LogP contribution in [0.3, 0.4) is 0 Å². The van der Waals surface area contributed by atoms with Crippen LogP contribution in [0.25, 0.3) is 0 Å². The summed E-state index contributed by atoms with van der Waals surface area (Å²) in [6.45, 7) is 8.37. The lowest BCUT2D eigenvalue weighted by Gasteiger charge is -2.27. The maximum absolute atomic E-state index is 12.1. The molecular formula is C15H21N5O. The summed E-state index contributed by atoms with van der Waals surface area (Å²) in [7, 11) is 1.97. The Morgan fingerprint density at radius 2 is 2.05 bits per heavy atom. The first-order chi connectivity index (χ1) is 9.95. The molecule has 0 saturated heterocycles. The monoisotopic (exact) mass is 287 g/mol. The van der Waals surface area contributed by atoms with Crippen molar-refractivity contribution in [2.75, 3.05) is 6.54 Å². The molecule has 0 bridgehead atoms. The molecular weight excluding hydrogens is 266 g/mol. The molecule has 3 rings (SSSR count). The van der Waals surface area contributed by atoms with Crippen LogP contribution >= 0.6 is 0 Å². The SMILES string of the molecule is Cc1nc2c(c(=O)[nH]1)CN(Cc1c(C)nn(C)c1C)CC2. The van der Waals surface area contributed by atoms with Gasteiger partial charge in [0.05, 0.1) is 17.0 Å². The van der Waals surface area contributed by atoms with Crippen molar-refractivity contribution in [3.05, 3.63) is 44.4 Å². The van der Waals surface area contributed by atoms with Crippen LogP contribution in [0.15, 0.2) is 4.79 Å². The van der Waals surface area contributed by atoms with E-state index >= 15 is 0 Å². The molecule has 112 valence electrons. The van der Waals surface area contributed by atoms with E-state index in [4.69, 9.17) is 0 Å². The zero-order chi connectivity index (χ0) is 15.1.